The Morgan fingerprint density at radius 2 is 2.00 bits per heavy atom. The number of piperidine rings is 1. The van der Waals surface area contributed by atoms with E-state index in [2.05, 4.69) is 48.3 Å². The number of aromatic nitrogens is 1. The molecule has 0 unspecified atom stereocenters. The molecule has 1 aliphatic heterocycles. The second-order valence-electron chi connectivity index (χ2n) is 7.36. The van der Waals surface area contributed by atoms with E-state index in [0.29, 0.717) is 12.6 Å². The van der Waals surface area contributed by atoms with Crippen molar-refractivity contribution in [3.63, 3.8) is 0 Å². The van der Waals surface area contributed by atoms with E-state index in [1.807, 2.05) is 25.1 Å². The van der Waals surface area contributed by atoms with Crippen LogP contribution in [0.1, 0.15) is 32.3 Å². The van der Waals surface area contributed by atoms with Crippen LogP contribution in [0.4, 0.5) is 5.82 Å². The number of nitrogens with zero attached hydrogens (tertiary/aromatic N) is 4. The molecule has 2 heterocycles. The molecule has 1 aromatic heterocycles. The van der Waals surface area contributed by atoms with Gasteiger partial charge in [-0.05, 0) is 44.4 Å². The molecule has 152 valence electrons. The quantitative estimate of drug-likeness (QED) is 0.613. The van der Waals surface area contributed by atoms with Crippen LogP contribution in [0.3, 0.4) is 0 Å². The minimum Gasteiger partial charge on any atom is -0.378 e. The van der Waals surface area contributed by atoms with Gasteiger partial charge < -0.3 is 19.9 Å². The van der Waals surface area contributed by atoms with E-state index < -0.39 is 0 Å². The zero-order chi connectivity index (χ0) is 19.9. The lowest BCUT2D eigenvalue weighted by Gasteiger charge is -2.34. The third-order valence-corrected chi connectivity index (χ3v) is 5.12. The third kappa shape index (κ3) is 4.93. The molecule has 6 nitrogen and oxygen atoms in total. The number of fused-ring (bicyclic) bond motifs is 1. The summed E-state index contributed by atoms with van der Waals surface area (Å²) in [4.78, 5) is 14.1. The van der Waals surface area contributed by atoms with E-state index in [0.717, 1.165) is 56.4 Å². The molecule has 1 aromatic carbocycles. The van der Waals surface area contributed by atoms with E-state index in [1.54, 1.807) is 0 Å². The first kappa shape index (κ1) is 20.4. The molecule has 1 N–H and O–H groups in total. The first-order valence-corrected chi connectivity index (χ1v) is 10.3. The molecule has 2 aromatic rings. The molecule has 0 atom stereocenters. The summed E-state index contributed by atoms with van der Waals surface area (Å²) in [6, 6.07) is 10.5. The summed E-state index contributed by atoms with van der Waals surface area (Å²) < 4.78 is 5.79. The number of likely N-dealkylation sites (tertiary alicyclic amines) is 1. The van der Waals surface area contributed by atoms with Gasteiger partial charge in [-0.2, -0.15) is 0 Å². The van der Waals surface area contributed by atoms with Crippen molar-refractivity contribution < 1.29 is 4.74 Å². The average molecular weight is 384 g/mol. The average Bonchev–Trinajstić information content (AvgIpc) is 2.71. The standard InChI is InChI=1S/C22H33N5O/c1-5-23-22(27-13-11-18(12-14-27)28-6-2)24-16-17-15-21(26(3)4)25-20-10-8-7-9-19(17)20/h7-10,15,18H,5-6,11-14,16H2,1-4H3,(H,23,24). The summed E-state index contributed by atoms with van der Waals surface area (Å²) in [5.74, 6) is 1.95. The van der Waals surface area contributed by atoms with Crippen molar-refractivity contribution in [1.82, 2.24) is 15.2 Å². The molecule has 1 saturated heterocycles. The van der Waals surface area contributed by atoms with Gasteiger partial charge in [0, 0.05) is 45.7 Å². The monoisotopic (exact) mass is 383 g/mol. The fourth-order valence-electron chi connectivity index (χ4n) is 3.65. The van der Waals surface area contributed by atoms with E-state index in [9.17, 15) is 0 Å². The van der Waals surface area contributed by atoms with E-state index in [1.165, 1.54) is 10.9 Å². The highest BCUT2D eigenvalue weighted by Gasteiger charge is 2.21. The predicted molar refractivity (Wildman–Crippen MR) is 117 cm³/mol. The zero-order valence-electron chi connectivity index (χ0n) is 17.6. The second kappa shape index (κ2) is 9.73. The highest BCUT2D eigenvalue weighted by atomic mass is 16.5. The van der Waals surface area contributed by atoms with Crippen LogP contribution < -0.4 is 10.2 Å². The summed E-state index contributed by atoms with van der Waals surface area (Å²) in [5, 5.41) is 4.63. The van der Waals surface area contributed by atoms with Crippen molar-refractivity contribution in [2.24, 2.45) is 4.99 Å². The normalized spacial score (nSPS) is 15.9. The number of benzene rings is 1. The Labute approximate surface area is 168 Å². The lowest BCUT2D eigenvalue weighted by atomic mass is 10.1. The minimum atomic E-state index is 0.385. The van der Waals surface area contributed by atoms with Crippen LogP contribution >= 0.6 is 0 Å². The van der Waals surface area contributed by atoms with E-state index in [-0.39, 0.29) is 0 Å². The third-order valence-electron chi connectivity index (χ3n) is 5.12. The number of hydrogen-bond donors (Lipinski definition) is 1. The number of ether oxygens (including phenoxy) is 1. The van der Waals surface area contributed by atoms with Crippen LogP contribution in [0.25, 0.3) is 10.9 Å². The fourth-order valence-corrected chi connectivity index (χ4v) is 3.65. The van der Waals surface area contributed by atoms with Gasteiger partial charge in [0.25, 0.3) is 0 Å². The summed E-state index contributed by atoms with van der Waals surface area (Å²) >= 11 is 0. The largest absolute Gasteiger partial charge is 0.378 e. The fraction of sp³-hybridized carbons (Fsp3) is 0.545. The van der Waals surface area contributed by atoms with Gasteiger partial charge in [0.05, 0.1) is 18.2 Å². The Balaban J connectivity index is 1.81. The molecule has 0 radical (unpaired) electrons. The van der Waals surface area contributed by atoms with Crippen molar-refractivity contribution >= 4 is 22.7 Å². The topological polar surface area (TPSA) is 53.0 Å². The number of nitrogens with one attached hydrogen (secondary N) is 1. The Morgan fingerprint density at radius 3 is 2.68 bits per heavy atom. The molecule has 0 saturated carbocycles. The van der Waals surface area contributed by atoms with Gasteiger partial charge in [0.2, 0.25) is 0 Å². The number of hydrogen-bond acceptors (Lipinski definition) is 4. The van der Waals surface area contributed by atoms with Crippen LogP contribution in [0.15, 0.2) is 35.3 Å². The maximum absolute atomic E-state index is 5.79. The first-order chi connectivity index (χ1) is 13.6. The van der Waals surface area contributed by atoms with Gasteiger partial charge >= 0.3 is 0 Å². The van der Waals surface area contributed by atoms with Gasteiger partial charge in [-0.1, -0.05) is 18.2 Å². The Hall–Kier alpha value is -2.34. The molecular weight excluding hydrogens is 350 g/mol. The number of rotatable bonds is 6. The van der Waals surface area contributed by atoms with Gasteiger partial charge in [0.1, 0.15) is 5.82 Å². The highest BCUT2D eigenvalue weighted by Crippen LogP contribution is 2.23. The number of aliphatic imine (C=N–C) groups is 1. The summed E-state index contributed by atoms with van der Waals surface area (Å²) in [6.45, 7) is 8.45. The molecule has 0 spiro atoms. The van der Waals surface area contributed by atoms with Gasteiger partial charge in [-0.15, -0.1) is 0 Å². The van der Waals surface area contributed by atoms with Gasteiger partial charge in [0.15, 0.2) is 5.96 Å². The van der Waals surface area contributed by atoms with E-state index >= 15 is 0 Å². The van der Waals surface area contributed by atoms with Crippen molar-refractivity contribution in [3.05, 3.63) is 35.9 Å². The molecule has 0 amide bonds. The minimum absolute atomic E-state index is 0.385. The maximum atomic E-state index is 5.79. The number of guanidine groups is 1. The molecule has 3 rings (SSSR count). The molecule has 0 bridgehead atoms. The molecular formula is C22H33N5O. The molecule has 1 aliphatic rings. The van der Waals surface area contributed by atoms with Crippen LogP contribution in [0, 0.1) is 0 Å². The zero-order valence-corrected chi connectivity index (χ0v) is 17.6. The van der Waals surface area contributed by atoms with Gasteiger partial charge in [-0.25, -0.2) is 9.98 Å². The molecule has 0 aliphatic carbocycles. The number of anilines is 1. The van der Waals surface area contributed by atoms with Crippen molar-refractivity contribution in [3.8, 4) is 0 Å². The molecule has 28 heavy (non-hydrogen) atoms. The Kier molecular flexibility index (Phi) is 7.09. The summed E-state index contributed by atoms with van der Waals surface area (Å²) in [7, 11) is 4.05. The van der Waals surface area contributed by atoms with Crippen LogP contribution in [0.5, 0.6) is 0 Å². The van der Waals surface area contributed by atoms with Crippen LogP contribution in [0.2, 0.25) is 0 Å². The smallest absolute Gasteiger partial charge is 0.194 e. The summed E-state index contributed by atoms with van der Waals surface area (Å²) in [5.41, 5.74) is 2.22. The predicted octanol–water partition coefficient (Wildman–Crippen LogP) is 3.27. The van der Waals surface area contributed by atoms with Crippen LogP contribution in [-0.4, -0.2) is 62.3 Å². The molecule has 6 heteroatoms. The SMILES string of the molecule is CCNC(=NCc1cc(N(C)C)nc2ccccc12)N1CCC(OCC)CC1. The Bertz CT molecular complexity index is 797. The van der Waals surface area contributed by atoms with Crippen LogP contribution in [-0.2, 0) is 11.3 Å². The maximum Gasteiger partial charge on any atom is 0.194 e. The van der Waals surface area contributed by atoms with E-state index in [4.69, 9.17) is 14.7 Å². The van der Waals surface area contributed by atoms with Crippen molar-refractivity contribution in [2.75, 3.05) is 45.2 Å². The highest BCUT2D eigenvalue weighted by molar-refractivity contribution is 5.85. The van der Waals surface area contributed by atoms with Crippen molar-refractivity contribution in [1.29, 1.82) is 0 Å². The lowest BCUT2D eigenvalue weighted by Crippen LogP contribution is -2.47. The van der Waals surface area contributed by atoms with Gasteiger partial charge in [-0.3, -0.25) is 0 Å². The number of para-hydroxylation sites is 1. The van der Waals surface area contributed by atoms with Crippen molar-refractivity contribution in [2.45, 2.75) is 39.3 Å². The Morgan fingerprint density at radius 1 is 1.25 bits per heavy atom. The second-order valence-corrected chi connectivity index (χ2v) is 7.36. The molecule has 1 fully saturated rings. The number of pyridine rings is 1. The first-order valence-electron chi connectivity index (χ1n) is 10.3. The summed E-state index contributed by atoms with van der Waals surface area (Å²) in [6.07, 6.45) is 2.50. The lowest BCUT2D eigenvalue weighted by molar-refractivity contribution is 0.0263.